The first-order chi connectivity index (χ1) is 22.4. The molecule has 0 saturated carbocycles. The third-order valence-electron chi connectivity index (χ3n) is 7.16. The van der Waals surface area contributed by atoms with E-state index in [2.05, 4.69) is 15.3 Å². The van der Waals surface area contributed by atoms with E-state index in [4.69, 9.17) is 26.1 Å². The molecule has 4 aromatic rings. The van der Waals surface area contributed by atoms with Crippen LogP contribution in [0.4, 0.5) is 16.4 Å². The Labute approximate surface area is 280 Å². The van der Waals surface area contributed by atoms with Gasteiger partial charge in [-0.3, -0.25) is 9.00 Å². The van der Waals surface area contributed by atoms with Crippen LogP contribution in [0.1, 0.15) is 49.5 Å². The molecular weight excluding hydrogens is 644 g/mol. The summed E-state index contributed by atoms with van der Waals surface area (Å²) >= 11 is 3.27. The molecule has 0 spiro atoms. The van der Waals surface area contributed by atoms with Crippen LogP contribution in [0.15, 0.2) is 73.1 Å². The molecule has 2 atom stereocenters. The van der Waals surface area contributed by atoms with Crippen LogP contribution in [0.25, 0.3) is 11.3 Å². The number of para-hydroxylation sites is 1. The number of carbonyl (C=O) groups is 2. The van der Waals surface area contributed by atoms with Crippen molar-refractivity contribution in [3.8, 4) is 22.9 Å². The van der Waals surface area contributed by atoms with Crippen LogP contribution < -0.4 is 14.4 Å². The number of aryl methyl sites for hydroxylation is 1. The van der Waals surface area contributed by atoms with Crippen LogP contribution in [0, 0.1) is 6.92 Å². The first-order valence-electron chi connectivity index (χ1n) is 14.9. The van der Waals surface area contributed by atoms with E-state index >= 15 is 0 Å². The summed E-state index contributed by atoms with van der Waals surface area (Å²) in [6.07, 6.45) is 4.47. The summed E-state index contributed by atoms with van der Waals surface area (Å²) in [5, 5.41) is 3.44. The molecule has 5 rings (SSSR count). The van der Waals surface area contributed by atoms with E-state index in [1.807, 2.05) is 20.8 Å². The number of ether oxygens (including phenoxy) is 2. The van der Waals surface area contributed by atoms with Gasteiger partial charge in [0.25, 0.3) is 5.91 Å². The predicted octanol–water partition coefficient (Wildman–Crippen LogP) is 6.55. The van der Waals surface area contributed by atoms with Crippen LogP contribution in [-0.2, 0) is 16.0 Å². The molecule has 2 aromatic heterocycles. The standard InChI is InChI=1S/C33H35ClN6O6S/c1-21-13-14-22(30(41)40(47(43)44)27-12-6-5-11-25(27)34)19-28(21)45-29-24(10-7-16-35-29)26-15-17-36-31(38-26)37-23-9-8-18-39(20-23)32(42)46-33(2,3)4/h5-7,10-17,19,23H,8-9,18,20H2,1-4H3,(H,43,44)(H,36,37,38)/p-1/t23-/m0/s1. The maximum atomic E-state index is 13.4. The number of nitrogens with zero attached hydrogens (tertiary/aromatic N) is 5. The molecular formula is C33H34ClN6O6S-. The van der Waals surface area contributed by atoms with Gasteiger partial charge in [0.2, 0.25) is 11.8 Å². The molecule has 1 unspecified atom stereocenters. The molecule has 246 valence electrons. The zero-order chi connectivity index (χ0) is 33.7. The lowest BCUT2D eigenvalue weighted by Gasteiger charge is -2.34. The van der Waals surface area contributed by atoms with Gasteiger partial charge >= 0.3 is 6.09 Å². The number of carbonyl (C=O) groups excluding carboxylic acids is 2. The van der Waals surface area contributed by atoms with Crippen molar-refractivity contribution in [3.63, 3.8) is 0 Å². The van der Waals surface area contributed by atoms with Crippen molar-refractivity contribution >= 4 is 46.5 Å². The van der Waals surface area contributed by atoms with Gasteiger partial charge in [-0.2, -0.15) is 0 Å². The number of benzene rings is 2. The molecule has 2 amide bonds. The minimum atomic E-state index is -2.94. The summed E-state index contributed by atoms with van der Waals surface area (Å²) in [6.45, 7) is 8.38. The smallest absolute Gasteiger partial charge is 0.410 e. The van der Waals surface area contributed by atoms with E-state index in [-0.39, 0.29) is 34.3 Å². The van der Waals surface area contributed by atoms with Crippen molar-refractivity contribution < 1.29 is 27.8 Å². The highest BCUT2D eigenvalue weighted by molar-refractivity contribution is 7.81. The summed E-state index contributed by atoms with van der Waals surface area (Å²) < 4.78 is 36.6. The molecule has 0 radical (unpaired) electrons. The largest absolute Gasteiger partial charge is 0.755 e. The molecule has 14 heteroatoms. The number of likely N-dealkylation sites (tertiary alicyclic amines) is 1. The Hall–Kier alpha value is -4.59. The first-order valence-corrected chi connectivity index (χ1v) is 16.3. The zero-order valence-corrected chi connectivity index (χ0v) is 27.9. The summed E-state index contributed by atoms with van der Waals surface area (Å²) in [6, 6.07) is 16.0. The Bertz CT molecular complexity index is 1800. The van der Waals surface area contributed by atoms with Crippen molar-refractivity contribution in [2.24, 2.45) is 0 Å². The van der Waals surface area contributed by atoms with Gasteiger partial charge in [-0.05, 0) is 88.6 Å². The van der Waals surface area contributed by atoms with Crippen molar-refractivity contribution in [2.75, 3.05) is 22.7 Å². The Morgan fingerprint density at radius 3 is 2.62 bits per heavy atom. The quantitative estimate of drug-likeness (QED) is 0.204. The van der Waals surface area contributed by atoms with E-state index in [0.29, 0.717) is 45.9 Å². The molecule has 1 aliphatic heterocycles. The van der Waals surface area contributed by atoms with E-state index in [1.165, 1.54) is 24.3 Å². The lowest BCUT2D eigenvalue weighted by molar-refractivity contribution is 0.0206. The van der Waals surface area contributed by atoms with E-state index in [1.54, 1.807) is 60.6 Å². The van der Waals surface area contributed by atoms with E-state index in [9.17, 15) is 18.4 Å². The van der Waals surface area contributed by atoms with Gasteiger partial charge in [0.05, 0.1) is 33.2 Å². The molecule has 0 aliphatic carbocycles. The Balaban J connectivity index is 1.36. The van der Waals surface area contributed by atoms with Gasteiger partial charge in [-0.1, -0.05) is 29.8 Å². The highest BCUT2D eigenvalue weighted by Crippen LogP contribution is 2.34. The summed E-state index contributed by atoms with van der Waals surface area (Å²) in [4.78, 5) is 41.2. The van der Waals surface area contributed by atoms with Gasteiger partial charge in [0, 0.05) is 37.1 Å². The third-order valence-corrected chi connectivity index (χ3v) is 8.14. The third kappa shape index (κ3) is 8.42. The molecule has 12 nitrogen and oxygen atoms in total. The second-order valence-corrected chi connectivity index (χ2v) is 13.1. The Kier molecular flexibility index (Phi) is 10.4. The second-order valence-electron chi connectivity index (χ2n) is 11.9. The highest BCUT2D eigenvalue weighted by Gasteiger charge is 2.28. The normalized spacial score (nSPS) is 15.4. The minimum absolute atomic E-state index is 0.0292. The molecule has 1 fully saturated rings. The number of hydrogen-bond donors (Lipinski definition) is 1. The number of aromatic nitrogens is 3. The van der Waals surface area contributed by atoms with Gasteiger partial charge in [0.15, 0.2) is 0 Å². The fraction of sp³-hybridized carbons (Fsp3) is 0.303. The van der Waals surface area contributed by atoms with Crippen LogP contribution in [-0.4, -0.2) is 65.3 Å². The molecule has 2 aromatic carbocycles. The summed E-state index contributed by atoms with van der Waals surface area (Å²) in [5.74, 6) is 0.0804. The van der Waals surface area contributed by atoms with Gasteiger partial charge < -0.3 is 24.2 Å². The van der Waals surface area contributed by atoms with Crippen LogP contribution in [0.5, 0.6) is 11.6 Å². The fourth-order valence-corrected chi connectivity index (χ4v) is 5.78. The zero-order valence-electron chi connectivity index (χ0n) is 26.3. The van der Waals surface area contributed by atoms with Gasteiger partial charge in [-0.15, -0.1) is 0 Å². The minimum Gasteiger partial charge on any atom is -0.755 e. The number of rotatable bonds is 8. The molecule has 1 N–H and O–H groups in total. The maximum Gasteiger partial charge on any atom is 0.410 e. The number of halogens is 1. The predicted molar refractivity (Wildman–Crippen MR) is 178 cm³/mol. The number of amides is 2. The van der Waals surface area contributed by atoms with Crippen molar-refractivity contribution in [2.45, 2.75) is 52.2 Å². The van der Waals surface area contributed by atoms with E-state index < -0.39 is 22.8 Å². The lowest BCUT2D eigenvalue weighted by atomic mass is 10.1. The fourth-order valence-electron chi connectivity index (χ4n) is 4.95. The van der Waals surface area contributed by atoms with Crippen molar-refractivity contribution in [3.05, 3.63) is 89.2 Å². The molecule has 0 bridgehead atoms. The Morgan fingerprint density at radius 2 is 1.87 bits per heavy atom. The summed E-state index contributed by atoms with van der Waals surface area (Å²) in [7, 11) is 0. The molecule has 1 aliphatic rings. The Morgan fingerprint density at radius 1 is 1.09 bits per heavy atom. The second kappa shape index (κ2) is 14.4. The number of hydrogen-bond acceptors (Lipinski definition) is 10. The SMILES string of the molecule is Cc1ccc(C(=O)N(c2ccccc2Cl)S(=O)[O-])cc1Oc1ncccc1-c1ccnc(N[C@H]2CCCN(C(=O)OC(C)(C)C)C2)n1. The maximum absolute atomic E-state index is 13.4. The topological polar surface area (TPSA) is 150 Å². The van der Waals surface area contributed by atoms with Crippen LogP contribution in [0.2, 0.25) is 5.02 Å². The van der Waals surface area contributed by atoms with Gasteiger partial charge in [0.1, 0.15) is 11.4 Å². The molecule has 1 saturated heterocycles. The number of anilines is 2. The average molecular weight is 678 g/mol. The van der Waals surface area contributed by atoms with Crippen molar-refractivity contribution in [1.29, 1.82) is 0 Å². The van der Waals surface area contributed by atoms with Crippen LogP contribution in [0.3, 0.4) is 0 Å². The number of nitrogens with one attached hydrogen (secondary N) is 1. The summed E-state index contributed by atoms with van der Waals surface area (Å²) in [5.41, 5.74) is 1.29. The van der Waals surface area contributed by atoms with Gasteiger partial charge in [-0.25, -0.2) is 24.1 Å². The monoisotopic (exact) mass is 677 g/mol. The molecule has 47 heavy (non-hydrogen) atoms. The van der Waals surface area contributed by atoms with E-state index in [0.717, 1.165) is 12.8 Å². The lowest BCUT2D eigenvalue weighted by Crippen LogP contribution is -2.47. The highest BCUT2D eigenvalue weighted by atomic mass is 35.5. The van der Waals surface area contributed by atoms with Crippen LogP contribution >= 0.6 is 11.6 Å². The number of piperidine rings is 1. The van der Waals surface area contributed by atoms with Crippen molar-refractivity contribution in [1.82, 2.24) is 19.9 Å². The average Bonchev–Trinajstić information content (AvgIpc) is 3.02. The number of pyridine rings is 1. The molecule has 3 heterocycles. The first kappa shape index (κ1) is 33.8.